The summed E-state index contributed by atoms with van der Waals surface area (Å²) in [6, 6.07) is 6.54. The van der Waals surface area contributed by atoms with Crippen molar-refractivity contribution in [2.45, 2.75) is 11.7 Å². The molecule has 8 heteroatoms. The Balaban J connectivity index is 2.07. The number of carbonyl (C=O) groups is 1. The minimum absolute atomic E-state index is 0.0143. The molecule has 2 aromatic rings. The fourth-order valence-corrected chi connectivity index (χ4v) is 3.93. The number of aliphatic imine (C=N–C) groups is 1. The highest BCUT2D eigenvalue weighted by molar-refractivity contribution is 7.94. The van der Waals surface area contributed by atoms with Crippen LogP contribution >= 0.6 is 0 Å². The van der Waals surface area contributed by atoms with E-state index in [0.717, 1.165) is 0 Å². The molecule has 2 heterocycles. The lowest BCUT2D eigenvalue weighted by Crippen LogP contribution is -2.37. The van der Waals surface area contributed by atoms with Crippen molar-refractivity contribution in [1.29, 1.82) is 0 Å². The van der Waals surface area contributed by atoms with E-state index in [1.54, 1.807) is 30.5 Å². The first-order valence-corrected chi connectivity index (χ1v) is 8.42. The minimum Gasteiger partial charge on any atom is -0.477 e. The molecule has 1 atom stereocenters. The normalized spacial score (nSPS) is 17.5. The number of para-hydroxylation sites is 1. The number of allylic oxidation sites excluding steroid dienone is 1. The Hall–Kier alpha value is -2.61. The summed E-state index contributed by atoms with van der Waals surface area (Å²) in [6.07, 6.45) is 5.03. The van der Waals surface area contributed by atoms with Crippen molar-refractivity contribution < 1.29 is 18.3 Å². The standard InChI is InChI=1S/C15H15N3O4S/c1-18(23(21,22)11-5-3-7-16-9-11)13-6-2-4-10-8-12(15(19)20)17-14(10)13/h2-4,6-9,11,17H,5H2,1H3,(H,19,20). The van der Waals surface area contributed by atoms with E-state index in [0.29, 0.717) is 23.0 Å². The van der Waals surface area contributed by atoms with Gasteiger partial charge in [0.15, 0.2) is 0 Å². The monoisotopic (exact) mass is 333 g/mol. The number of rotatable bonds is 4. The molecule has 7 nitrogen and oxygen atoms in total. The number of sulfonamides is 1. The van der Waals surface area contributed by atoms with Crippen molar-refractivity contribution in [3.63, 3.8) is 0 Å². The molecule has 1 aromatic carbocycles. The van der Waals surface area contributed by atoms with Crippen molar-refractivity contribution in [2.75, 3.05) is 11.4 Å². The van der Waals surface area contributed by atoms with Gasteiger partial charge in [-0.2, -0.15) is 0 Å². The van der Waals surface area contributed by atoms with E-state index in [4.69, 9.17) is 5.11 Å². The minimum atomic E-state index is -3.65. The number of H-pyrrole nitrogens is 1. The number of nitrogens with one attached hydrogen (secondary N) is 1. The number of hydrogen-bond donors (Lipinski definition) is 2. The van der Waals surface area contributed by atoms with Crippen molar-refractivity contribution in [2.24, 2.45) is 4.99 Å². The van der Waals surface area contributed by atoms with Gasteiger partial charge in [-0.05, 0) is 18.6 Å². The molecule has 1 aromatic heterocycles. The van der Waals surface area contributed by atoms with E-state index in [-0.39, 0.29) is 5.69 Å². The van der Waals surface area contributed by atoms with Crippen molar-refractivity contribution in [3.05, 3.63) is 42.2 Å². The Bertz CT molecular complexity index is 927. The van der Waals surface area contributed by atoms with Gasteiger partial charge in [-0.1, -0.05) is 18.2 Å². The third-order valence-electron chi connectivity index (χ3n) is 3.78. The number of carboxylic acids is 1. The first kappa shape index (κ1) is 15.3. The van der Waals surface area contributed by atoms with Crippen LogP contribution in [-0.4, -0.2) is 43.0 Å². The average molecular weight is 333 g/mol. The van der Waals surface area contributed by atoms with Crippen LogP contribution in [0.4, 0.5) is 5.69 Å². The molecule has 0 spiro atoms. The number of nitrogens with zero attached hydrogens (tertiary/aromatic N) is 2. The summed E-state index contributed by atoms with van der Waals surface area (Å²) in [4.78, 5) is 17.8. The smallest absolute Gasteiger partial charge is 0.352 e. The maximum Gasteiger partial charge on any atom is 0.352 e. The van der Waals surface area contributed by atoms with Gasteiger partial charge in [0.1, 0.15) is 10.9 Å². The largest absolute Gasteiger partial charge is 0.477 e. The number of aromatic nitrogens is 1. The quantitative estimate of drug-likeness (QED) is 0.893. The fourth-order valence-electron chi connectivity index (χ4n) is 2.52. The predicted molar refractivity (Wildman–Crippen MR) is 88.6 cm³/mol. The molecule has 0 amide bonds. The lowest BCUT2D eigenvalue weighted by Gasteiger charge is -2.24. The topological polar surface area (TPSA) is 103 Å². The van der Waals surface area contributed by atoms with E-state index in [1.165, 1.54) is 23.6 Å². The number of fused-ring (bicyclic) bond motifs is 1. The van der Waals surface area contributed by atoms with Gasteiger partial charge in [0, 0.05) is 24.8 Å². The summed E-state index contributed by atoms with van der Waals surface area (Å²) >= 11 is 0. The Labute approximate surface area is 133 Å². The molecule has 0 saturated heterocycles. The van der Waals surface area contributed by atoms with Gasteiger partial charge in [-0.25, -0.2) is 13.2 Å². The van der Waals surface area contributed by atoms with Crippen LogP contribution in [0, 0.1) is 0 Å². The number of aromatic amines is 1. The molecule has 0 bridgehead atoms. The van der Waals surface area contributed by atoms with Crippen LogP contribution < -0.4 is 4.31 Å². The number of benzene rings is 1. The second kappa shape index (κ2) is 5.54. The first-order chi connectivity index (χ1) is 10.9. The molecule has 1 unspecified atom stereocenters. The van der Waals surface area contributed by atoms with Crippen molar-refractivity contribution in [1.82, 2.24) is 4.98 Å². The summed E-state index contributed by atoms with van der Waals surface area (Å²) in [5.41, 5.74) is 0.887. The molecule has 23 heavy (non-hydrogen) atoms. The summed E-state index contributed by atoms with van der Waals surface area (Å²) in [6.45, 7) is 0. The van der Waals surface area contributed by atoms with Gasteiger partial charge in [0.25, 0.3) is 0 Å². The summed E-state index contributed by atoms with van der Waals surface area (Å²) in [5, 5.41) is 8.99. The molecular formula is C15H15N3O4S. The lowest BCUT2D eigenvalue weighted by molar-refractivity contribution is 0.0691. The Kier molecular flexibility index (Phi) is 3.69. The molecule has 120 valence electrons. The molecule has 3 rings (SSSR count). The van der Waals surface area contributed by atoms with Crippen molar-refractivity contribution >= 4 is 38.8 Å². The highest BCUT2D eigenvalue weighted by Gasteiger charge is 2.30. The number of anilines is 1. The number of aromatic carboxylic acids is 1. The van der Waals surface area contributed by atoms with Crippen molar-refractivity contribution in [3.8, 4) is 0 Å². The predicted octanol–water partition coefficient (Wildman–Crippen LogP) is 1.99. The molecule has 1 aliphatic heterocycles. The van der Waals surface area contributed by atoms with Gasteiger partial charge in [-0.3, -0.25) is 9.30 Å². The maximum absolute atomic E-state index is 12.7. The molecule has 1 aliphatic rings. The van der Waals surface area contributed by atoms with Gasteiger partial charge in [0.2, 0.25) is 10.0 Å². The molecule has 0 fully saturated rings. The van der Waals surface area contributed by atoms with E-state index in [1.807, 2.05) is 0 Å². The Morgan fingerprint density at radius 3 is 2.87 bits per heavy atom. The summed E-state index contributed by atoms with van der Waals surface area (Å²) in [7, 11) is -2.20. The third-order valence-corrected chi connectivity index (χ3v) is 5.82. The zero-order chi connectivity index (χ0) is 16.6. The molecule has 0 saturated carbocycles. The molecule has 0 aliphatic carbocycles. The zero-order valence-corrected chi connectivity index (χ0v) is 13.1. The third kappa shape index (κ3) is 2.61. The second-order valence-electron chi connectivity index (χ2n) is 5.20. The molecule has 0 radical (unpaired) electrons. The maximum atomic E-state index is 12.7. The molecular weight excluding hydrogens is 318 g/mol. The lowest BCUT2D eigenvalue weighted by atomic mass is 10.2. The van der Waals surface area contributed by atoms with Gasteiger partial charge < -0.3 is 10.1 Å². The van der Waals surface area contributed by atoms with E-state index >= 15 is 0 Å². The average Bonchev–Trinajstić information content (AvgIpc) is 2.99. The first-order valence-electron chi connectivity index (χ1n) is 6.92. The van der Waals surface area contributed by atoms with Gasteiger partial charge in [-0.15, -0.1) is 0 Å². The van der Waals surface area contributed by atoms with Crippen LogP contribution in [0.15, 0.2) is 41.5 Å². The number of carboxylic acid groups (broad SMARTS) is 1. The van der Waals surface area contributed by atoms with E-state index in [2.05, 4.69) is 9.98 Å². The molecule has 2 N–H and O–H groups in total. The van der Waals surface area contributed by atoms with Crippen LogP contribution in [0.3, 0.4) is 0 Å². The highest BCUT2D eigenvalue weighted by Crippen LogP contribution is 2.29. The highest BCUT2D eigenvalue weighted by atomic mass is 32.2. The van der Waals surface area contributed by atoms with Crippen LogP contribution in [0.2, 0.25) is 0 Å². The van der Waals surface area contributed by atoms with Gasteiger partial charge >= 0.3 is 5.97 Å². The van der Waals surface area contributed by atoms with Crippen LogP contribution in [0.1, 0.15) is 16.9 Å². The Morgan fingerprint density at radius 2 is 2.22 bits per heavy atom. The second-order valence-corrected chi connectivity index (χ2v) is 7.38. The van der Waals surface area contributed by atoms with Crippen LogP contribution in [-0.2, 0) is 10.0 Å². The van der Waals surface area contributed by atoms with Gasteiger partial charge in [0.05, 0.1) is 11.2 Å². The van der Waals surface area contributed by atoms with Crippen LogP contribution in [0.25, 0.3) is 10.9 Å². The summed E-state index contributed by atoms with van der Waals surface area (Å²) < 4.78 is 26.7. The number of hydrogen-bond acceptors (Lipinski definition) is 4. The Morgan fingerprint density at radius 1 is 1.43 bits per heavy atom. The summed E-state index contributed by atoms with van der Waals surface area (Å²) in [5.74, 6) is -1.10. The van der Waals surface area contributed by atoms with E-state index in [9.17, 15) is 13.2 Å². The fraction of sp³-hybridized carbons (Fsp3) is 0.200. The van der Waals surface area contributed by atoms with E-state index < -0.39 is 21.2 Å². The van der Waals surface area contributed by atoms with Crippen LogP contribution in [0.5, 0.6) is 0 Å². The SMILES string of the molecule is CN(c1cccc2cc(C(=O)O)[nH]c12)S(=O)(=O)C1C=NC=CC1. The zero-order valence-electron chi connectivity index (χ0n) is 12.3.